The van der Waals surface area contributed by atoms with Crippen molar-refractivity contribution in [1.82, 2.24) is 10.0 Å². The molecule has 0 saturated carbocycles. The van der Waals surface area contributed by atoms with Crippen molar-refractivity contribution >= 4 is 33.1 Å². The van der Waals surface area contributed by atoms with Crippen LogP contribution in [-0.4, -0.2) is 24.9 Å². The van der Waals surface area contributed by atoms with E-state index in [1.54, 1.807) is 32.9 Å². The number of nitro benzene ring substituents is 1. The van der Waals surface area contributed by atoms with Crippen LogP contribution in [0, 0.1) is 17.0 Å². The SMILES string of the molecule is Cc1ccccc1Nc1ccc([N+](=O)[O-])cc1S(=O)(=O)NC(=O)NC(C)(C)C. The van der Waals surface area contributed by atoms with Crippen LogP contribution in [0.25, 0.3) is 0 Å². The highest BCUT2D eigenvalue weighted by Gasteiger charge is 2.26. The number of nitro groups is 1. The largest absolute Gasteiger partial charge is 0.354 e. The summed E-state index contributed by atoms with van der Waals surface area (Å²) in [4.78, 5) is 22.0. The second kappa shape index (κ2) is 7.85. The number of aryl methyl sites for hydroxylation is 1. The number of sulfonamides is 1. The van der Waals surface area contributed by atoms with Crippen molar-refractivity contribution in [3.63, 3.8) is 0 Å². The number of carbonyl (C=O) groups is 1. The minimum absolute atomic E-state index is 0.107. The van der Waals surface area contributed by atoms with Crippen LogP contribution in [0.15, 0.2) is 47.4 Å². The van der Waals surface area contributed by atoms with Crippen molar-refractivity contribution in [1.29, 1.82) is 0 Å². The van der Waals surface area contributed by atoms with E-state index < -0.39 is 37.1 Å². The molecule has 3 N–H and O–H groups in total. The molecule has 2 amide bonds. The second-order valence-corrected chi connectivity index (χ2v) is 8.84. The van der Waals surface area contributed by atoms with E-state index in [9.17, 15) is 23.3 Å². The van der Waals surface area contributed by atoms with Crippen LogP contribution in [0.3, 0.4) is 0 Å². The molecule has 28 heavy (non-hydrogen) atoms. The number of nitrogens with one attached hydrogen (secondary N) is 3. The van der Waals surface area contributed by atoms with Crippen LogP contribution in [0.5, 0.6) is 0 Å². The Labute approximate surface area is 163 Å². The Morgan fingerprint density at radius 3 is 2.29 bits per heavy atom. The minimum Gasteiger partial charge on any atom is -0.354 e. The van der Waals surface area contributed by atoms with E-state index in [1.165, 1.54) is 12.1 Å². The van der Waals surface area contributed by atoms with E-state index >= 15 is 0 Å². The fourth-order valence-electron chi connectivity index (χ4n) is 2.35. The van der Waals surface area contributed by atoms with Gasteiger partial charge in [0.2, 0.25) is 0 Å². The van der Waals surface area contributed by atoms with Gasteiger partial charge in [0.15, 0.2) is 0 Å². The molecule has 10 heteroatoms. The molecule has 0 aliphatic heterocycles. The highest BCUT2D eigenvalue weighted by atomic mass is 32.2. The lowest BCUT2D eigenvalue weighted by molar-refractivity contribution is -0.385. The summed E-state index contributed by atoms with van der Waals surface area (Å²) in [7, 11) is -4.38. The Morgan fingerprint density at radius 2 is 1.71 bits per heavy atom. The van der Waals surface area contributed by atoms with Crippen LogP contribution >= 0.6 is 0 Å². The zero-order valence-corrected chi connectivity index (χ0v) is 16.8. The monoisotopic (exact) mass is 406 g/mol. The molecule has 0 aliphatic rings. The van der Waals surface area contributed by atoms with Crippen LogP contribution in [0.2, 0.25) is 0 Å². The normalized spacial score (nSPS) is 11.6. The van der Waals surface area contributed by atoms with E-state index in [1.807, 2.05) is 23.8 Å². The highest BCUT2D eigenvalue weighted by molar-refractivity contribution is 7.90. The molecule has 2 aromatic carbocycles. The molecule has 2 rings (SSSR count). The molecule has 0 fully saturated rings. The quantitative estimate of drug-likeness (QED) is 0.515. The van der Waals surface area contributed by atoms with Gasteiger partial charge >= 0.3 is 6.03 Å². The Hall–Kier alpha value is -3.14. The van der Waals surface area contributed by atoms with Crippen molar-refractivity contribution in [2.45, 2.75) is 38.1 Å². The van der Waals surface area contributed by atoms with Crippen LogP contribution < -0.4 is 15.4 Å². The molecule has 0 spiro atoms. The van der Waals surface area contributed by atoms with Gasteiger partial charge in [-0.15, -0.1) is 0 Å². The number of amides is 2. The molecular weight excluding hydrogens is 384 g/mol. The molecule has 0 unspecified atom stereocenters. The van der Waals surface area contributed by atoms with Gasteiger partial charge in [0.05, 0.1) is 10.6 Å². The van der Waals surface area contributed by atoms with Gasteiger partial charge < -0.3 is 10.6 Å². The Bertz CT molecular complexity index is 1010. The molecule has 0 atom stereocenters. The van der Waals surface area contributed by atoms with Crippen LogP contribution in [0.1, 0.15) is 26.3 Å². The summed E-state index contributed by atoms with van der Waals surface area (Å²) in [6.07, 6.45) is 0. The average Bonchev–Trinajstić information content (AvgIpc) is 2.54. The van der Waals surface area contributed by atoms with E-state index in [2.05, 4.69) is 10.6 Å². The third kappa shape index (κ3) is 5.43. The first-order valence-corrected chi connectivity index (χ1v) is 9.83. The molecule has 0 radical (unpaired) electrons. The fourth-order valence-corrected chi connectivity index (χ4v) is 3.44. The smallest absolute Gasteiger partial charge is 0.329 e. The number of urea groups is 1. The van der Waals surface area contributed by atoms with Crippen molar-refractivity contribution in [3.05, 3.63) is 58.1 Å². The zero-order chi connectivity index (χ0) is 21.1. The van der Waals surface area contributed by atoms with Gasteiger partial charge in [-0.05, 0) is 45.4 Å². The molecule has 0 aliphatic carbocycles. The Balaban J connectivity index is 2.47. The number of anilines is 2. The van der Waals surface area contributed by atoms with Gasteiger partial charge in [0.1, 0.15) is 4.90 Å². The average molecular weight is 406 g/mol. The van der Waals surface area contributed by atoms with E-state index in [4.69, 9.17) is 0 Å². The summed E-state index contributed by atoms with van der Waals surface area (Å²) in [5, 5.41) is 16.5. The summed E-state index contributed by atoms with van der Waals surface area (Å²) in [5.41, 5.74) is 0.516. The topological polar surface area (TPSA) is 130 Å². The summed E-state index contributed by atoms with van der Waals surface area (Å²) >= 11 is 0. The third-order valence-corrected chi connectivity index (χ3v) is 4.97. The second-order valence-electron chi connectivity index (χ2n) is 7.19. The lowest BCUT2D eigenvalue weighted by atomic mass is 10.1. The maximum Gasteiger partial charge on any atom is 0.329 e. The summed E-state index contributed by atoms with van der Waals surface area (Å²) in [5.74, 6) is 0. The molecule has 2 aromatic rings. The van der Waals surface area contributed by atoms with Crippen molar-refractivity contribution in [3.8, 4) is 0 Å². The number of carbonyl (C=O) groups excluding carboxylic acids is 1. The number of non-ortho nitro benzene ring substituents is 1. The van der Waals surface area contributed by atoms with Gasteiger partial charge in [-0.2, -0.15) is 0 Å². The molecule has 0 aromatic heterocycles. The number of nitrogens with zero attached hydrogens (tertiary/aromatic N) is 1. The summed E-state index contributed by atoms with van der Waals surface area (Å²) in [6, 6.07) is 9.63. The standard InChI is InChI=1S/C18H22N4O5S/c1-12-7-5-6-8-14(12)19-15-10-9-13(22(24)25)11-16(15)28(26,27)21-17(23)20-18(2,3)4/h5-11,19H,1-4H3,(H2,20,21,23). The maximum absolute atomic E-state index is 12.8. The maximum atomic E-state index is 12.8. The lowest BCUT2D eigenvalue weighted by Gasteiger charge is -2.21. The first-order chi connectivity index (χ1) is 12.9. The van der Waals surface area contributed by atoms with E-state index in [0.717, 1.165) is 11.6 Å². The molecule has 150 valence electrons. The minimum atomic E-state index is -4.38. The zero-order valence-electron chi connectivity index (χ0n) is 15.9. The van der Waals surface area contributed by atoms with Gasteiger partial charge in [-0.3, -0.25) is 10.1 Å². The summed E-state index contributed by atoms with van der Waals surface area (Å²) < 4.78 is 27.4. The number of rotatable bonds is 5. The van der Waals surface area contributed by atoms with Crippen molar-refractivity contribution in [2.75, 3.05) is 5.32 Å². The van der Waals surface area contributed by atoms with Crippen molar-refractivity contribution < 1.29 is 18.1 Å². The number of hydrogen-bond donors (Lipinski definition) is 3. The Morgan fingerprint density at radius 1 is 1.07 bits per heavy atom. The van der Waals surface area contributed by atoms with Gasteiger partial charge in [-0.25, -0.2) is 17.9 Å². The van der Waals surface area contributed by atoms with Crippen LogP contribution in [-0.2, 0) is 10.0 Å². The molecule has 9 nitrogen and oxygen atoms in total. The molecule has 0 bridgehead atoms. The highest BCUT2D eigenvalue weighted by Crippen LogP contribution is 2.30. The summed E-state index contributed by atoms with van der Waals surface area (Å²) in [6.45, 7) is 6.91. The molecule has 0 heterocycles. The first-order valence-electron chi connectivity index (χ1n) is 8.35. The third-order valence-electron chi connectivity index (χ3n) is 3.60. The van der Waals surface area contributed by atoms with Gasteiger partial charge in [0.25, 0.3) is 15.7 Å². The molecular formula is C18H22N4O5S. The number of para-hydroxylation sites is 1. The molecule has 0 saturated heterocycles. The van der Waals surface area contributed by atoms with E-state index in [0.29, 0.717) is 5.69 Å². The van der Waals surface area contributed by atoms with Gasteiger partial charge in [0, 0.05) is 23.4 Å². The van der Waals surface area contributed by atoms with Crippen molar-refractivity contribution in [2.24, 2.45) is 0 Å². The van der Waals surface area contributed by atoms with Crippen LogP contribution in [0.4, 0.5) is 21.9 Å². The predicted molar refractivity (Wildman–Crippen MR) is 106 cm³/mol. The Kier molecular flexibility index (Phi) is 5.93. The van der Waals surface area contributed by atoms with Gasteiger partial charge in [-0.1, -0.05) is 18.2 Å². The predicted octanol–water partition coefficient (Wildman–Crippen LogP) is 3.43. The lowest BCUT2D eigenvalue weighted by Crippen LogP contribution is -2.48. The first kappa shape index (κ1) is 21.2. The number of benzene rings is 2. The van der Waals surface area contributed by atoms with E-state index in [-0.39, 0.29) is 5.69 Å². The number of hydrogen-bond acceptors (Lipinski definition) is 6. The fraction of sp³-hybridized carbons (Fsp3) is 0.278.